The molecule has 7 heteroatoms. The summed E-state index contributed by atoms with van der Waals surface area (Å²) in [6.07, 6.45) is 0. The van der Waals surface area contributed by atoms with Gasteiger partial charge in [0.05, 0.1) is 5.69 Å². The molecule has 0 unspecified atom stereocenters. The monoisotopic (exact) mass is 363 g/mol. The van der Waals surface area contributed by atoms with Gasteiger partial charge in [0.1, 0.15) is 5.82 Å². The Morgan fingerprint density at radius 2 is 2.24 bits per heavy atom. The largest absolute Gasteiger partial charge is 0.475 e. The van der Waals surface area contributed by atoms with Crippen LogP contribution in [0, 0.1) is 10.5 Å². The molecule has 5 nitrogen and oxygen atoms in total. The Labute approximate surface area is 116 Å². The number of nitrogens with zero attached hydrogens (tertiary/aromatic N) is 3. The van der Waals surface area contributed by atoms with E-state index in [1.807, 2.05) is 0 Å². The van der Waals surface area contributed by atoms with E-state index in [4.69, 9.17) is 16.7 Å². The van der Waals surface area contributed by atoms with Gasteiger partial charge in [0.2, 0.25) is 0 Å². The van der Waals surface area contributed by atoms with Gasteiger partial charge < -0.3 is 5.11 Å². The van der Waals surface area contributed by atoms with Gasteiger partial charge in [-0.15, -0.1) is 5.10 Å². The van der Waals surface area contributed by atoms with E-state index in [-0.39, 0.29) is 5.82 Å². The molecule has 1 aromatic carbocycles. The van der Waals surface area contributed by atoms with Crippen molar-refractivity contribution in [2.45, 2.75) is 6.92 Å². The Kier molecular flexibility index (Phi) is 3.34. The first-order valence-corrected chi connectivity index (χ1v) is 6.07. The van der Waals surface area contributed by atoms with Crippen LogP contribution in [0.3, 0.4) is 0 Å². The van der Waals surface area contributed by atoms with Gasteiger partial charge in [-0.05, 0) is 47.7 Å². The normalized spacial score (nSPS) is 10.5. The van der Waals surface area contributed by atoms with Crippen molar-refractivity contribution in [3.05, 3.63) is 38.4 Å². The van der Waals surface area contributed by atoms with Crippen molar-refractivity contribution in [1.29, 1.82) is 0 Å². The molecule has 0 aliphatic rings. The summed E-state index contributed by atoms with van der Waals surface area (Å²) in [7, 11) is 0. The topological polar surface area (TPSA) is 68.0 Å². The Balaban J connectivity index is 2.56. The second-order valence-electron chi connectivity index (χ2n) is 3.30. The predicted molar refractivity (Wildman–Crippen MR) is 70.8 cm³/mol. The zero-order valence-electron chi connectivity index (χ0n) is 8.69. The van der Waals surface area contributed by atoms with E-state index >= 15 is 0 Å². The lowest BCUT2D eigenvalue weighted by Gasteiger charge is -2.05. The summed E-state index contributed by atoms with van der Waals surface area (Å²) in [5.74, 6) is -0.841. The van der Waals surface area contributed by atoms with E-state index < -0.39 is 5.97 Å². The van der Waals surface area contributed by atoms with Crippen LogP contribution in [-0.4, -0.2) is 25.8 Å². The number of carboxylic acids is 1. The van der Waals surface area contributed by atoms with Gasteiger partial charge in [-0.25, -0.2) is 14.5 Å². The Bertz CT molecular complexity index is 597. The fourth-order valence-electron chi connectivity index (χ4n) is 1.36. The molecule has 1 heterocycles. The van der Waals surface area contributed by atoms with Crippen molar-refractivity contribution in [3.63, 3.8) is 0 Å². The van der Waals surface area contributed by atoms with E-state index in [2.05, 4.69) is 32.7 Å². The molecule has 88 valence electrons. The lowest BCUT2D eigenvalue weighted by atomic mass is 10.3. The van der Waals surface area contributed by atoms with Gasteiger partial charge in [-0.2, -0.15) is 0 Å². The molecule has 0 atom stereocenters. The smallest absolute Gasteiger partial charge is 0.375 e. The summed E-state index contributed by atoms with van der Waals surface area (Å²) in [6, 6.07) is 5.27. The van der Waals surface area contributed by atoms with Crippen molar-refractivity contribution in [1.82, 2.24) is 14.8 Å². The van der Waals surface area contributed by atoms with Gasteiger partial charge in [0, 0.05) is 8.59 Å². The van der Waals surface area contributed by atoms with Crippen molar-refractivity contribution in [3.8, 4) is 5.69 Å². The second-order valence-corrected chi connectivity index (χ2v) is 4.89. The molecule has 0 amide bonds. The lowest BCUT2D eigenvalue weighted by Crippen LogP contribution is -2.03. The standard InChI is InChI=1S/C10H7ClIN3O2/c1-5-13-9(10(16)17)14-15(5)8-3-2-6(11)4-7(8)12/h2-4H,1H3,(H,16,17). The number of hydrogen-bond donors (Lipinski definition) is 1. The average molecular weight is 364 g/mol. The van der Waals surface area contributed by atoms with Crippen LogP contribution in [0.25, 0.3) is 5.69 Å². The molecule has 2 aromatic rings. The summed E-state index contributed by atoms with van der Waals surface area (Å²) in [4.78, 5) is 14.6. The second kappa shape index (κ2) is 4.61. The summed E-state index contributed by atoms with van der Waals surface area (Å²) < 4.78 is 2.36. The van der Waals surface area contributed by atoms with Gasteiger partial charge in [0.15, 0.2) is 0 Å². The van der Waals surface area contributed by atoms with Crippen LogP contribution in [0.1, 0.15) is 16.4 Å². The first-order chi connectivity index (χ1) is 7.99. The van der Waals surface area contributed by atoms with E-state index in [0.29, 0.717) is 10.8 Å². The summed E-state index contributed by atoms with van der Waals surface area (Å²) in [5.41, 5.74) is 0.757. The minimum absolute atomic E-state index is 0.215. The summed E-state index contributed by atoms with van der Waals surface area (Å²) >= 11 is 7.97. The van der Waals surface area contributed by atoms with E-state index in [9.17, 15) is 4.79 Å². The molecular formula is C10H7ClIN3O2. The van der Waals surface area contributed by atoms with Gasteiger partial charge in [0.25, 0.3) is 5.82 Å². The first-order valence-electron chi connectivity index (χ1n) is 4.61. The SMILES string of the molecule is Cc1nc(C(=O)O)nn1-c1ccc(Cl)cc1I. The minimum Gasteiger partial charge on any atom is -0.475 e. The predicted octanol–water partition coefficient (Wildman–Crippen LogP) is 2.53. The summed E-state index contributed by atoms with van der Waals surface area (Å²) in [5, 5.41) is 13.4. The fraction of sp³-hybridized carbons (Fsp3) is 0.100. The molecule has 0 aliphatic carbocycles. The zero-order chi connectivity index (χ0) is 12.6. The number of carbonyl (C=O) groups is 1. The minimum atomic E-state index is -1.14. The Morgan fingerprint density at radius 1 is 1.53 bits per heavy atom. The number of aromatic carboxylic acids is 1. The number of halogens is 2. The van der Waals surface area contributed by atoms with E-state index in [1.165, 1.54) is 4.68 Å². The quantitative estimate of drug-likeness (QED) is 0.833. The molecule has 0 bridgehead atoms. The highest BCUT2D eigenvalue weighted by Gasteiger charge is 2.15. The number of benzene rings is 1. The fourth-order valence-corrected chi connectivity index (χ4v) is 2.46. The molecule has 0 saturated heterocycles. The lowest BCUT2D eigenvalue weighted by molar-refractivity contribution is 0.0683. The molecule has 0 fully saturated rings. The molecule has 0 aliphatic heterocycles. The number of hydrogen-bond acceptors (Lipinski definition) is 3. The number of aromatic nitrogens is 3. The van der Waals surface area contributed by atoms with Crippen LogP contribution in [0.2, 0.25) is 5.02 Å². The molecule has 2 rings (SSSR count). The van der Waals surface area contributed by atoms with Crippen LogP contribution in [0.15, 0.2) is 18.2 Å². The van der Waals surface area contributed by atoms with Crippen LogP contribution >= 0.6 is 34.2 Å². The highest BCUT2D eigenvalue weighted by atomic mass is 127. The Morgan fingerprint density at radius 3 is 2.76 bits per heavy atom. The third-order valence-corrected chi connectivity index (χ3v) is 3.20. The molecule has 1 aromatic heterocycles. The van der Waals surface area contributed by atoms with Crippen molar-refractivity contribution >= 4 is 40.2 Å². The van der Waals surface area contributed by atoms with Crippen molar-refractivity contribution < 1.29 is 9.90 Å². The van der Waals surface area contributed by atoms with Gasteiger partial charge in [-0.3, -0.25) is 0 Å². The Hall–Kier alpha value is -1.15. The molecular weight excluding hydrogens is 356 g/mol. The molecule has 17 heavy (non-hydrogen) atoms. The van der Waals surface area contributed by atoms with Crippen LogP contribution in [0.4, 0.5) is 0 Å². The van der Waals surface area contributed by atoms with Gasteiger partial charge in [-0.1, -0.05) is 11.6 Å². The highest BCUT2D eigenvalue weighted by molar-refractivity contribution is 14.1. The average Bonchev–Trinajstić information content (AvgIpc) is 2.61. The van der Waals surface area contributed by atoms with Crippen LogP contribution in [0.5, 0.6) is 0 Å². The molecule has 0 spiro atoms. The number of aryl methyl sites for hydroxylation is 1. The summed E-state index contributed by atoms with van der Waals surface area (Å²) in [6.45, 7) is 1.70. The molecule has 0 saturated carbocycles. The first kappa shape index (κ1) is 12.3. The van der Waals surface area contributed by atoms with Crippen molar-refractivity contribution in [2.24, 2.45) is 0 Å². The van der Waals surface area contributed by atoms with Crippen LogP contribution in [-0.2, 0) is 0 Å². The highest BCUT2D eigenvalue weighted by Crippen LogP contribution is 2.21. The maximum atomic E-state index is 10.8. The number of carboxylic acid groups (broad SMARTS) is 1. The van der Waals surface area contributed by atoms with E-state index in [1.54, 1.807) is 25.1 Å². The third kappa shape index (κ3) is 2.42. The zero-order valence-corrected chi connectivity index (χ0v) is 11.6. The third-order valence-electron chi connectivity index (χ3n) is 2.10. The molecule has 0 radical (unpaired) electrons. The van der Waals surface area contributed by atoms with Crippen molar-refractivity contribution in [2.75, 3.05) is 0 Å². The van der Waals surface area contributed by atoms with Gasteiger partial charge >= 0.3 is 5.97 Å². The van der Waals surface area contributed by atoms with E-state index in [0.717, 1.165) is 9.26 Å². The molecule has 1 N–H and O–H groups in total. The number of rotatable bonds is 2. The van der Waals surface area contributed by atoms with Crippen LogP contribution < -0.4 is 0 Å². The maximum absolute atomic E-state index is 10.8. The maximum Gasteiger partial charge on any atom is 0.375 e.